The van der Waals surface area contributed by atoms with E-state index < -0.39 is 0 Å². The monoisotopic (exact) mass is 340 g/mol. The van der Waals surface area contributed by atoms with Crippen LogP contribution in [0.5, 0.6) is 5.75 Å². The van der Waals surface area contributed by atoms with Gasteiger partial charge in [0.2, 0.25) is 0 Å². The third-order valence-corrected chi connectivity index (χ3v) is 7.39. The molecule has 0 saturated heterocycles. The molecule has 0 aliphatic heterocycles. The number of hydrogen-bond donors (Lipinski definition) is 0. The summed E-state index contributed by atoms with van der Waals surface area (Å²) >= 11 is 0. The maximum absolute atomic E-state index is 12.5. The first-order valence-corrected chi connectivity index (χ1v) is 9.67. The van der Waals surface area contributed by atoms with E-state index in [-0.39, 0.29) is 11.4 Å². The van der Waals surface area contributed by atoms with Crippen molar-refractivity contribution in [2.75, 3.05) is 0 Å². The third-order valence-electron chi connectivity index (χ3n) is 7.39. The summed E-state index contributed by atoms with van der Waals surface area (Å²) < 4.78 is 5.49. The molecule has 1 aromatic carbocycles. The zero-order valence-electron chi connectivity index (χ0n) is 15.8. The van der Waals surface area contributed by atoms with Crippen molar-refractivity contribution in [3.05, 3.63) is 28.3 Å². The molecule has 0 unspecified atom stereocenters. The second kappa shape index (κ2) is 5.69. The van der Waals surface area contributed by atoms with Crippen molar-refractivity contribution in [3.63, 3.8) is 0 Å². The van der Waals surface area contributed by atoms with Gasteiger partial charge < -0.3 is 4.74 Å². The normalized spacial score (nSPS) is 33.4. The highest BCUT2D eigenvalue weighted by atomic mass is 16.5. The number of ketones is 1. The second-order valence-corrected chi connectivity index (χ2v) is 8.64. The molecule has 0 aromatic heterocycles. The van der Waals surface area contributed by atoms with Crippen LogP contribution in [-0.4, -0.2) is 11.8 Å². The van der Waals surface area contributed by atoms with Crippen molar-refractivity contribution >= 4 is 11.8 Å². The molecule has 0 heterocycles. The lowest BCUT2D eigenvalue weighted by molar-refractivity contribution is -0.132. The minimum atomic E-state index is -0.252. The van der Waals surface area contributed by atoms with E-state index in [1.54, 1.807) is 0 Å². The second-order valence-electron chi connectivity index (χ2n) is 8.64. The molecule has 134 valence electrons. The summed E-state index contributed by atoms with van der Waals surface area (Å²) in [6, 6.07) is 2.26. The van der Waals surface area contributed by atoms with Gasteiger partial charge in [-0.2, -0.15) is 0 Å². The Hall–Kier alpha value is -1.64. The fourth-order valence-electron chi connectivity index (χ4n) is 6.16. The standard InChI is InChI=1S/C22H28O3/c1-12-11-18-15(13(2)21(12)25-14(3)23)5-6-17-16(18)9-10-22(4)19(17)7-8-20(22)24/h11,16-17,19H,5-10H2,1-4H3/t16-,17+,19-,22-/m0/s1. The summed E-state index contributed by atoms with van der Waals surface area (Å²) in [5.41, 5.74) is 4.97. The number of aryl methyl sites for hydroxylation is 1. The number of benzene rings is 1. The van der Waals surface area contributed by atoms with Crippen molar-refractivity contribution in [3.8, 4) is 5.75 Å². The first kappa shape index (κ1) is 16.8. The van der Waals surface area contributed by atoms with Crippen LogP contribution in [0, 0.1) is 31.1 Å². The van der Waals surface area contributed by atoms with Crippen LogP contribution in [0.2, 0.25) is 0 Å². The molecular formula is C22H28O3. The van der Waals surface area contributed by atoms with Crippen molar-refractivity contribution in [1.29, 1.82) is 0 Å². The molecule has 0 N–H and O–H groups in total. The van der Waals surface area contributed by atoms with E-state index in [2.05, 4.69) is 19.9 Å². The van der Waals surface area contributed by atoms with Gasteiger partial charge in [-0.05, 0) is 86.0 Å². The van der Waals surface area contributed by atoms with Gasteiger partial charge in [0.1, 0.15) is 11.5 Å². The van der Waals surface area contributed by atoms with Gasteiger partial charge in [-0.1, -0.05) is 13.0 Å². The topological polar surface area (TPSA) is 43.4 Å². The summed E-state index contributed by atoms with van der Waals surface area (Å²) in [7, 11) is 0. The minimum absolute atomic E-state index is 0.0690. The molecule has 0 bridgehead atoms. The Labute approximate surface area is 150 Å². The van der Waals surface area contributed by atoms with E-state index in [0.29, 0.717) is 23.5 Å². The fourth-order valence-corrected chi connectivity index (χ4v) is 6.16. The van der Waals surface area contributed by atoms with Gasteiger partial charge >= 0.3 is 5.97 Å². The Morgan fingerprint density at radius 1 is 1.20 bits per heavy atom. The molecule has 3 heteroatoms. The quantitative estimate of drug-likeness (QED) is 0.552. The SMILES string of the molecule is CC(=O)Oc1c(C)cc2c(c1C)CC[C@@H]1[C@@H]2CC[C@]2(C)C(=O)CC[C@@H]12. The molecule has 2 fully saturated rings. The number of rotatable bonds is 1. The van der Waals surface area contributed by atoms with E-state index >= 15 is 0 Å². The molecule has 3 aliphatic rings. The molecule has 25 heavy (non-hydrogen) atoms. The first-order chi connectivity index (χ1) is 11.8. The molecule has 4 atom stereocenters. The Morgan fingerprint density at radius 2 is 1.96 bits per heavy atom. The lowest BCUT2D eigenvalue weighted by Gasteiger charge is -2.48. The van der Waals surface area contributed by atoms with Gasteiger partial charge in [0.05, 0.1) is 0 Å². The van der Waals surface area contributed by atoms with Crippen LogP contribution in [0.4, 0.5) is 0 Å². The van der Waals surface area contributed by atoms with Gasteiger partial charge in [0, 0.05) is 18.8 Å². The average Bonchev–Trinajstić information content (AvgIpc) is 2.86. The summed E-state index contributed by atoms with van der Waals surface area (Å²) in [6.07, 6.45) is 6.20. The third kappa shape index (κ3) is 2.38. The van der Waals surface area contributed by atoms with Gasteiger partial charge in [0.15, 0.2) is 0 Å². The predicted molar refractivity (Wildman–Crippen MR) is 96.8 cm³/mol. The fraction of sp³-hybridized carbons (Fsp3) is 0.636. The zero-order chi connectivity index (χ0) is 17.9. The van der Waals surface area contributed by atoms with Crippen LogP contribution in [0.3, 0.4) is 0 Å². The molecule has 4 rings (SSSR count). The molecule has 0 spiro atoms. The molecular weight excluding hydrogens is 312 g/mol. The molecule has 2 saturated carbocycles. The summed E-state index contributed by atoms with van der Waals surface area (Å²) in [6.45, 7) is 7.82. The zero-order valence-corrected chi connectivity index (χ0v) is 15.8. The maximum Gasteiger partial charge on any atom is 0.308 e. The highest BCUT2D eigenvalue weighted by Gasteiger charge is 2.54. The highest BCUT2D eigenvalue weighted by molar-refractivity contribution is 5.87. The van der Waals surface area contributed by atoms with Crippen molar-refractivity contribution < 1.29 is 14.3 Å². The van der Waals surface area contributed by atoms with Crippen molar-refractivity contribution in [2.24, 2.45) is 17.3 Å². The van der Waals surface area contributed by atoms with E-state index in [4.69, 9.17) is 4.74 Å². The van der Waals surface area contributed by atoms with Crippen LogP contribution >= 0.6 is 0 Å². The summed E-state index contributed by atoms with van der Waals surface area (Å²) in [4.78, 5) is 23.9. The van der Waals surface area contributed by atoms with E-state index in [9.17, 15) is 9.59 Å². The van der Waals surface area contributed by atoms with Crippen LogP contribution in [0.15, 0.2) is 6.07 Å². The van der Waals surface area contributed by atoms with Gasteiger partial charge in [-0.3, -0.25) is 9.59 Å². The molecule has 3 aliphatic carbocycles. The van der Waals surface area contributed by atoms with E-state index in [1.165, 1.54) is 18.1 Å². The van der Waals surface area contributed by atoms with Crippen LogP contribution in [-0.2, 0) is 16.0 Å². The molecule has 0 radical (unpaired) electrons. The van der Waals surface area contributed by atoms with Crippen LogP contribution < -0.4 is 4.74 Å². The van der Waals surface area contributed by atoms with E-state index in [1.807, 2.05) is 6.92 Å². The summed E-state index contributed by atoms with van der Waals surface area (Å²) in [5.74, 6) is 2.76. The predicted octanol–water partition coefficient (Wildman–Crippen LogP) is 4.65. The molecule has 0 amide bonds. The highest BCUT2D eigenvalue weighted by Crippen LogP contribution is 2.60. The molecule has 1 aromatic rings. The minimum Gasteiger partial charge on any atom is -0.426 e. The number of ether oxygens (including phenoxy) is 1. The van der Waals surface area contributed by atoms with Crippen LogP contribution in [0.25, 0.3) is 0 Å². The first-order valence-electron chi connectivity index (χ1n) is 9.67. The number of esters is 1. The number of carbonyl (C=O) groups is 2. The van der Waals surface area contributed by atoms with Gasteiger partial charge in [-0.25, -0.2) is 0 Å². The van der Waals surface area contributed by atoms with Gasteiger partial charge in [0.25, 0.3) is 0 Å². The van der Waals surface area contributed by atoms with E-state index in [0.717, 1.165) is 55.4 Å². The smallest absolute Gasteiger partial charge is 0.308 e. The Bertz CT molecular complexity index is 763. The average molecular weight is 340 g/mol. The van der Waals surface area contributed by atoms with Crippen molar-refractivity contribution in [2.45, 2.75) is 72.1 Å². The lowest BCUT2D eigenvalue weighted by Crippen LogP contribution is -2.42. The lowest BCUT2D eigenvalue weighted by atomic mass is 9.55. The Morgan fingerprint density at radius 3 is 2.68 bits per heavy atom. The number of Topliss-reactive ketones (excluding diaryl/α,β-unsaturated/α-hetero) is 1. The summed E-state index contributed by atoms with van der Waals surface area (Å²) in [5, 5.41) is 0. The van der Waals surface area contributed by atoms with Gasteiger partial charge in [-0.15, -0.1) is 0 Å². The number of fused-ring (bicyclic) bond motifs is 5. The number of carbonyl (C=O) groups excluding carboxylic acids is 2. The maximum atomic E-state index is 12.5. The number of hydrogen-bond acceptors (Lipinski definition) is 3. The Balaban J connectivity index is 1.74. The Kier molecular flexibility index (Phi) is 3.82. The molecule has 3 nitrogen and oxygen atoms in total. The largest absolute Gasteiger partial charge is 0.426 e. The van der Waals surface area contributed by atoms with Crippen LogP contribution in [0.1, 0.15) is 74.1 Å². The van der Waals surface area contributed by atoms with Crippen molar-refractivity contribution in [1.82, 2.24) is 0 Å².